The Morgan fingerprint density at radius 2 is 1.79 bits per heavy atom. The molecule has 2 aromatic carbocycles. The van der Waals surface area contributed by atoms with Crippen molar-refractivity contribution in [2.24, 2.45) is 0 Å². The molecule has 1 amide bonds. The van der Waals surface area contributed by atoms with E-state index in [1.165, 1.54) is 17.3 Å². The minimum absolute atomic E-state index is 0.0694. The fourth-order valence-electron chi connectivity index (χ4n) is 4.28. The van der Waals surface area contributed by atoms with Gasteiger partial charge >= 0.3 is 0 Å². The summed E-state index contributed by atoms with van der Waals surface area (Å²) in [5, 5.41) is 9.94. The van der Waals surface area contributed by atoms with Crippen molar-refractivity contribution in [3.8, 4) is 17.1 Å². The average molecular weight is 490 g/mol. The number of halogens is 1. The van der Waals surface area contributed by atoms with Crippen molar-refractivity contribution in [3.05, 3.63) is 83.1 Å². The van der Waals surface area contributed by atoms with Crippen LogP contribution in [0.1, 0.15) is 24.5 Å². The van der Waals surface area contributed by atoms with E-state index in [1.54, 1.807) is 12.4 Å². The number of carbonyl (C=O) groups is 1. The number of anilines is 1. The molecule has 0 radical (unpaired) electrons. The molecule has 4 aromatic rings. The maximum atomic E-state index is 13.5. The second kappa shape index (κ2) is 9.60. The van der Waals surface area contributed by atoms with Gasteiger partial charge in [-0.25, -0.2) is 0 Å². The summed E-state index contributed by atoms with van der Waals surface area (Å²) in [5.41, 5.74) is 4.92. The monoisotopic (exact) mass is 489 g/mol. The zero-order valence-electron chi connectivity index (χ0n) is 19.0. The Morgan fingerprint density at radius 3 is 2.62 bits per heavy atom. The van der Waals surface area contributed by atoms with Crippen LogP contribution in [-0.4, -0.2) is 37.5 Å². The summed E-state index contributed by atoms with van der Waals surface area (Å²) < 4.78 is 1.98. The number of thioether (sulfide) groups is 1. The number of rotatable bonds is 5. The predicted octanol–water partition coefficient (Wildman–Crippen LogP) is 5.75. The average Bonchev–Trinajstić information content (AvgIpc) is 3.28. The molecule has 0 N–H and O–H groups in total. The third kappa shape index (κ3) is 4.21. The first-order valence-corrected chi connectivity index (χ1v) is 12.5. The van der Waals surface area contributed by atoms with Crippen LogP contribution in [-0.2, 0) is 11.2 Å². The molecule has 0 aliphatic carbocycles. The molecule has 0 spiro atoms. The number of carbonyl (C=O) groups excluding carboxylic acids is 1. The van der Waals surface area contributed by atoms with Crippen molar-refractivity contribution in [2.75, 3.05) is 11.4 Å². The Labute approximate surface area is 208 Å². The van der Waals surface area contributed by atoms with Crippen LogP contribution in [0.15, 0.2) is 72.1 Å². The lowest BCUT2D eigenvalue weighted by Gasteiger charge is -2.31. The third-order valence-corrected chi connectivity index (χ3v) is 7.50. The zero-order valence-corrected chi connectivity index (χ0v) is 20.6. The van der Waals surface area contributed by atoms with Gasteiger partial charge in [-0.15, -0.1) is 10.2 Å². The lowest BCUT2D eigenvalue weighted by atomic mass is 10.0. The van der Waals surface area contributed by atoms with E-state index >= 15 is 0 Å². The SMILES string of the molecule is Cc1c(Cl)cccc1-n1c(SC(C)C(=O)N2CCCc3ccccc32)nnc1-c1ccncc1. The number of aryl methyl sites for hydroxylation is 1. The number of aromatic nitrogens is 4. The van der Waals surface area contributed by atoms with Crippen LogP contribution >= 0.6 is 23.4 Å². The fourth-order valence-corrected chi connectivity index (χ4v) is 5.37. The van der Waals surface area contributed by atoms with Crippen molar-refractivity contribution in [2.45, 2.75) is 37.1 Å². The van der Waals surface area contributed by atoms with Crippen LogP contribution in [0.2, 0.25) is 5.02 Å². The summed E-state index contributed by atoms with van der Waals surface area (Å²) in [6.45, 7) is 4.63. The highest BCUT2D eigenvalue weighted by Crippen LogP contribution is 2.35. The number of nitrogens with zero attached hydrogens (tertiary/aromatic N) is 5. The molecule has 1 aliphatic heterocycles. The zero-order chi connectivity index (χ0) is 23.7. The molecule has 0 saturated carbocycles. The smallest absolute Gasteiger partial charge is 0.240 e. The Bertz CT molecular complexity index is 1340. The maximum Gasteiger partial charge on any atom is 0.240 e. The quantitative estimate of drug-likeness (QED) is 0.334. The van der Waals surface area contributed by atoms with Gasteiger partial charge in [0.25, 0.3) is 0 Å². The van der Waals surface area contributed by atoms with E-state index in [0.29, 0.717) is 16.0 Å². The summed E-state index contributed by atoms with van der Waals surface area (Å²) in [5.74, 6) is 0.748. The molecule has 172 valence electrons. The van der Waals surface area contributed by atoms with Crippen molar-refractivity contribution < 1.29 is 4.79 Å². The van der Waals surface area contributed by atoms with E-state index in [9.17, 15) is 4.79 Å². The van der Waals surface area contributed by atoms with Crippen molar-refractivity contribution >= 4 is 35.0 Å². The molecule has 0 saturated heterocycles. The minimum atomic E-state index is -0.348. The van der Waals surface area contributed by atoms with Gasteiger partial charge in [-0.05, 0) is 68.1 Å². The highest BCUT2D eigenvalue weighted by atomic mass is 35.5. The van der Waals surface area contributed by atoms with E-state index in [4.69, 9.17) is 11.6 Å². The number of para-hydroxylation sites is 1. The first kappa shape index (κ1) is 22.6. The number of amides is 1. The summed E-state index contributed by atoms with van der Waals surface area (Å²) >= 11 is 7.87. The van der Waals surface area contributed by atoms with Crippen LogP contribution < -0.4 is 4.90 Å². The first-order valence-electron chi connectivity index (χ1n) is 11.2. The van der Waals surface area contributed by atoms with Gasteiger partial charge in [0.05, 0.1) is 10.9 Å². The van der Waals surface area contributed by atoms with Gasteiger partial charge in [0, 0.05) is 35.2 Å². The fraction of sp³-hybridized carbons (Fsp3) is 0.231. The Kier molecular flexibility index (Phi) is 6.39. The van der Waals surface area contributed by atoms with Gasteiger partial charge in [0.15, 0.2) is 11.0 Å². The summed E-state index contributed by atoms with van der Waals surface area (Å²) in [6.07, 6.45) is 5.42. The van der Waals surface area contributed by atoms with Crippen LogP contribution in [0.5, 0.6) is 0 Å². The molecule has 3 heterocycles. The second-order valence-electron chi connectivity index (χ2n) is 8.24. The van der Waals surface area contributed by atoms with E-state index in [-0.39, 0.29) is 11.2 Å². The minimum Gasteiger partial charge on any atom is -0.311 e. The Balaban J connectivity index is 1.52. The molecule has 5 rings (SSSR count). The van der Waals surface area contributed by atoms with E-state index in [1.807, 2.05) is 71.8 Å². The standard InChI is InChI=1S/C26H24ClN5OS/c1-17-21(27)9-5-11-22(17)32-24(20-12-14-28-15-13-20)29-30-26(32)34-18(2)25(33)31-16-6-8-19-7-3-4-10-23(19)31/h3-5,7,9-15,18H,6,8,16H2,1-2H3. The molecule has 8 heteroatoms. The molecule has 34 heavy (non-hydrogen) atoms. The Morgan fingerprint density at radius 1 is 1.03 bits per heavy atom. The van der Waals surface area contributed by atoms with E-state index < -0.39 is 0 Å². The van der Waals surface area contributed by atoms with Crippen LogP contribution in [0, 0.1) is 6.92 Å². The maximum absolute atomic E-state index is 13.5. The molecule has 1 atom stereocenters. The number of fused-ring (bicyclic) bond motifs is 1. The molecule has 0 bridgehead atoms. The van der Waals surface area contributed by atoms with Gasteiger partial charge in [-0.2, -0.15) is 0 Å². The van der Waals surface area contributed by atoms with Gasteiger partial charge in [0.2, 0.25) is 5.91 Å². The topological polar surface area (TPSA) is 63.9 Å². The first-order chi connectivity index (χ1) is 16.5. The Hall–Kier alpha value is -3.16. The van der Waals surface area contributed by atoms with Crippen molar-refractivity contribution in [1.82, 2.24) is 19.7 Å². The van der Waals surface area contributed by atoms with Crippen LogP contribution in [0.3, 0.4) is 0 Å². The lowest BCUT2D eigenvalue weighted by Crippen LogP contribution is -2.40. The number of hydrogen-bond donors (Lipinski definition) is 0. The predicted molar refractivity (Wildman–Crippen MR) is 137 cm³/mol. The van der Waals surface area contributed by atoms with Crippen molar-refractivity contribution in [1.29, 1.82) is 0 Å². The normalized spacial score (nSPS) is 14.0. The highest BCUT2D eigenvalue weighted by molar-refractivity contribution is 8.00. The van der Waals surface area contributed by atoms with Crippen molar-refractivity contribution in [3.63, 3.8) is 0 Å². The molecule has 1 unspecified atom stereocenters. The summed E-state index contributed by atoms with van der Waals surface area (Å²) in [6, 6.07) is 17.7. The molecule has 6 nitrogen and oxygen atoms in total. The highest BCUT2D eigenvalue weighted by Gasteiger charge is 2.29. The molecule has 1 aliphatic rings. The molecule has 0 fully saturated rings. The van der Waals surface area contributed by atoms with E-state index in [2.05, 4.69) is 21.2 Å². The number of pyridine rings is 1. The number of hydrogen-bond acceptors (Lipinski definition) is 5. The lowest BCUT2D eigenvalue weighted by molar-refractivity contribution is -0.117. The number of benzene rings is 2. The largest absolute Gasteiger partial charge is 0.311 e. The van der Waals surface area contributed by atoms with E-state index in [0.717, 1.165) is 41.9 Å². The third-order valence-electron chi connectivity index (χ3n) is 6.06. The molecular weight excluding hydrogens is 466 g/mol. The summed E-state index contributed by atoms with van der Waals surface area (Å²) in [7, 11) is 0. The van der Waals surface area contributed by atoms with Gasteiger partial charge < -0.3 is 4.90 Å². The van der Waals surface area contributed by atoms with Crippen LogP contribution in [0.25, 0.3) is 17.1 Å². The molecule has 2 aromatic heterocycles. The van der Waals surface area contributed by atoms with Gasteiger partial charge in [-0.3, -0.25) is 14.3 Å². The van der Waals surface area contributed by atoms with Crippen LogP contribution in [0.4, 0.5) is 5.69 Å². The van der Waals surface area contributed by atoms with Gasteiger partial charge in [-0.1, -0.05) is 47.6 Å². The molecular formula is C26H24ClN5OS. The van der Waals surface area contributed by atoms with Gasteiger partial charge in [0.1, 0.15) is 0 Å². The second-order valence-corrected chi connectivity index (χ2v) is 9.96. The summed E-state index contributed by atoms with van der Waals surface area (Å²) in [4.78, 5) is 19.6.